The molecule has 0 spiro atoms. The maximum Gasteiger partial charge on any atom is 0.134 e. The molecule has 0 saturated heterocycles. The highest BCUT2D eigenvalue weighted by Gasteiger charge is 2.32. The lowest BCUT2D eigenvalue weighted by molar-refractivity contribution is -0.572. The first-order valence-electron chi connectivity index (χ1n) is 13.1. The molecule has 0 fully saturated rings. The third-order valence-electron chi connectivity index (χ3n) is 6.59. The summed E-state index contributed by atoms with van der Waals surface area (Å²) in [5, 5.41) is 8.44. The fourth-order valence-electron chi connectivity index (χ4n) is 4.88. The van der Waals surface area contributed by atoms with Gasteiger partial charge < -0.3 is 10.6 Å². The van der Waals surface area contributed by atoms with Gasteiger partial charge in [-0.3, -0.25) is 0 Å². The van der Waals surface area contributed by atoms with Crippen LogP contribution in [0.4, 0.5) is 11.4 Å². The SMILES string of the molecule is CBr.CCC[NH2+]c1ccc2ccccc2c1C(C)(C/C=C/C=C/Nc1ccccc1)Cc1ccccc1. The number of quaternary nitrogens is 1. The summed E-state index contributed by atoms with van der Waals surface area (Å²) in [5.41, 5.74) is 5.26. The summed E-state index contributed by atoms with van der Waals surface area (Å²) in [5.74, 6) is 1.81. The van der Waals surface area contributed by atoms with Crippen LogP contribution in [0.2, 0.25) is 0 Å². The summed E-state index contributed by atoms with van der Waals surface area (Å²) in [7, 11) is 0. The van der Waals surface area contributed by atoms with E-state index in [4.69, 9.17) is 0 Å². The summed E-state index contributed by atoms with van der Waals surface area (Å²) in [4.78, 5) is 0. The van der Waals surface area contributed by atoms with Crippen molar-refractivity contribution in [3.05, 3.63) is 133 Å². The van der Waals surface area contributed by atoms with E-state index in [1.807, 2.05) is 30.2 Å². The lowest BCUT2D eigenvalue weighted by Crippen LogP contribution is -2.78. The number of allylic oxidation sites excluding steroid dienone is 3. The molecule has 0 heterocycles. The fourth-order valence-corrected chi connectivity index (χ4v) is 4.88. The number of para-hydroxylation sites is 1. The minimum Gasteiger partial charge on any atom is -0.362 e. The topological polar surface area (TPSA) is 28.6 Å². The van der Waals surface area contributed by atoms with Crippen molar-refractivity contribution in [2.24, 2.45) is 0 Å². The van der Waals surface area contributed by atoms with E-state index >= 15 is 0 Å². The Morgan fingerprint density at radius 1 is 0.811 bits per heavy atom. The minimum absolute atomic E-state index is 0.0427. The molecular formula is C34H40BrN2+. The van der Waals surface area contributed by atoms with E-state index in [9.17, 15) is 0 Å². The first kappa shape index (κ1) is 28.4. The van der Waals surface area contributed by atoms with Crippen LogP contribution < -0.4 is 10.6 Å². The Morgan fingerprint density at radius 2 is 1.49 bits per heavy atom. The zero-order chi connectivity index (χ0) is 26.3. The van der Waals surface area contributed by atoms with Gasteiger partial charge in [0.2, 0.25) is 0 Å². The number of nitrogens with two attached hydrogens (primary N) is 1. The predicted molar refractivity (Wildman–Crippen MR) is 166 cm³/mol. The largest absolute Gasteiger partial charge is 0.362 e. The first-order valence-corrected chi connectivity index (χ1v) is 14.7. The van der Waals surface area contributed by atoms with Crippen LogP contribution in [-0.2, 0) is 11.8 Å². The Labute approximate surface area is 231 Å². The highest BCUT2D eigenvalue weighted by atomic mass is 79.9. The van der Waals surface area contributed by atoms with Crippen molar-refractivity contribution >= 4 is 38.1 Å². The lowest BCUT2D eigenvalue weighted by atomic mass is 9.72. The van der Waals surface area contributed by atoms with Crippen LogP contribution in [0, 0.1) is 0 Å². The quantitative estimate of drug-likeness (QED) is 0.108. The van der Waals surface area contributed by atoms with Crippen LogP contribution in [0.3, 0.4) is 0 Å². The molecule has 0 aromatic heterocycles. The predicted octanol–water partition coefficient (Wildman–Crippen LogP) is 8.53. The molecule has 0 saturated carbocycles. The van der Waals surface area contributed by atoms with Crippen LogP contribution >= 0.6 is 15.9 Å². The Kier molecular flexibility index (Phi) is 11.7. The minimum atomic E-state index is -0.0427. The Balaban J connectivity index is 0.00000186. The van der Waals surface area contributed by atoms with Crippen molar-refractivity contribution in [3.63, 3.8) is 0 Å². The molecule has 0 aliphatic rings. The second-order valence-corrected chi connectivity index (χ2v) is 9.47. The molecule has 3 N–H and O–H groups in total. The zero-order valence-corrected chi connectivity index (χ0v) is 23.9. The molecule has 1 atom stereocenters. The summed E-state index contributed by atoms with van der Waals surface area (Å²) < 4.78 is 0. The number of alkyl halides is 1. The lowest BCUT2D eigenvalue weighted by Gasteiger charge is -2.32. The van der Waals surface area contributed by atoms with Gasteiger partial charge in [-0.05, 0) is 71.8 Å². The van der Waals surface area contributed by atoms with Crippen molar-refractivity contribution in [1.29, 1.82) is 0 Å². The highest BCUT2D eigenvalue weighted by Crippen LogP contribution is 2.40. The van der Waals surface area contributed by atoms with E-state index in [0.717, 1.165) is 31.5 Å². The van der Waals surface area contributed by atoms with Crippen molar-refractivity contribution in [2.45, 2.75) is 38.5 Å². The van der Waals surface area contributed by atoms with Crippen molar-refractivity contribution in [1.82, 2.24) is 0 Å². The zero-order valence-electron chi connectivity index (χ0n) is 22.3. The summed E-state index contributed by atoms with van der Waals surface area (Å²) >= 11 is 2.94. The Hall–Kier alpha value is -3.14. The van der Waals surface area contributed by atoms with Gasteiger partial charge in [0.25, 0.3) is 0 Å². The average Bonchev–Trinajstić information content (AvgIpc) is 2.95. The average molecular weight is 557 g/mol. The molecule has 0 amide bonds. The number of rotatable bonds is 11. The molecule has 0 bridgehead atoms. The Bertz CT molecular complexity index is 1270. The smallest absolute Gasteiger partial charge is 0.134 e. The first-order chi connectivity index (χ1) is 18.2. The molecular weight excluding hydrogens is 516 g/mol. The normalized spacial score (nSPS) is 12.9. The van der Waals surface area contributed by atoms with Gasteiger partial charge in [-0.25, -0.2) is 0 Å². The molecule has 0 aliphatic carbocycles. The van der Waals surface area contributed by atoms with Gasteiger partial charge in [-0.15, -0.1) is 0 Å². The van der Waals surface area contributed by atoms with Crippen molar-refractivity contribution in [2.75, 3.05) is 17.7 Å². The maximum atomic E-state index is 3.33. The Morgan fingerprint density at radius 3 is 2.22 bits per heavy atom. The molecule has 4 rings (SSSR count). The highest BCUT2D eigenvalue weighted by molar-refractivity contribution is 9.08. The molecule has 0 radical (unpaired) electrons. The van der Waals surface area contributed by atoms with Gasteiger partial charge in [0, 0.05) is 22.9 Å². The van der Waals surface area contributed by atoms with Gasteiger partial charge in [0.15, 0.2) is 0 Å². The van der Waals surface area contributed by atoms with Gasteiger partial charge >= 0.3 is 0 Å². The molecule has 2 nitrogen and oxygen atoms in total. The fraction of sp³-hybridized carbons (Fsp3) is 0.235. The number of nitrogens with one attached hydrogen (secondary N) is 1. The number of benzene rings is 4. The monoisotopic (exact) mass is 555 g/mol. The van der Waals surface area contributed by atoms with Gasteiger partial charge in [-0.1, -0.05) is 115 Å². The number of hydrogen-bond acceptors (Lipinski definition) is 1. The number of hydrogen-bond donors (Lipinski definition) is 2. The third-order valence-corrected chi connectivity index (χ3v) is 6.59. The standard InChI is InChI=1S/C33H36N2.CH3Br/c1-3-24-35-31-22-21-28-17-11-12-20-30(28)32(31)33(2,26-27-15-7-4-8-16-27)23-13-6-14-25-34-29-18-9-5-10-19-29;1-2/h4-22,25,34-35H,3,23-24,26H2,1-2H3;1H3/p+1/b13-6+,25-14+;. The second-order valence-electron chi connectivity index (χ2n) is 9.47. The van der Waals surface area contributed by atoms with Crippen molar-refractivity contribution < 1.29 is 5.32 Å². The molecule has 1 unspecified atom stereocenters. The third kappa shape index (κ3) is 8.18. The molecule has 37 heavy (non-hydrogen) atoms. The molecule has 0 aliphatic heterocycles. The summed E-state index contributed by atoms with van der Waals surface area (Å²) in [6.07, 6.45) is 11.7. The summed E-state index contributed by atoms with van der Waals surface area (Å²) in [6.45, 7) is 5.77. The molecule has 3 heteroatoms. The van der Waals surface area contributed by atoms with Gasteiger partial charge in [0.1, 0.15) is 5.69 Å². The maximum absolute atomic E-state index is 3.33. The van der Waals surface area contributed by atoms with Crippen molar-refractivity contribution in [3.8, 4) is 0 Å². The number of anilines is 1. The van der Waals surface area contributed by atoms with E-state index < -0.39 is 0 Å². The van der Waals surface area contributed by atoms with Crippen LogP contribution in [-0.4, -0.2) is 12.4 Å². The van der Waals surface area contributed by atoms with E-state index in [0.29, 0.717) is 0 Å². The second kappa shape index (κ2) is 15.2. The van der Waals surface area contributed by atoms with E-state index in [1.54, 1.807) is 0 Å². The van der Waals surface area contributed by atoms with Crippen LogP contribution in [0.5, 0.6) is 0 Å². The molecule has 4 aromatic rings. The van der Waals surface area contributed by atoms with Crippen LogP contribution in [0.1, 0.15) is 37.8 Å². The van der Waals surface area contributed by atoms with Gasteiger partial charge in [-0.2, -0.15) is 0 Å². The van der Waals surface area contributed by atoms with Crippen LogP contribution in [0.25, 0.3) is 10.8 Å². The molecule has 4 aromatic carbocycles. The van der Waals surface area contributed by atoms with E-state index in [2.05, 4.69) is 138 Å². The van der Waals surface area contributed by atoms with Gasteiger partial charge in [0.05, 0.1) is 6.54 Å². The number of halogens is 1. The summed E-state index contributed by atoms with van der Waals surface area (Å²) in [6, 6.07) is 34.6. The molecule has 192 valence electrons. The van der Waals surface area contributed by atoms with E-state index in [-0.39, 0.29) is 5.41 Å². The van der Waals surface area contributed by atoms with Crippen LogP contribution in [0.15, 0.2) is 121 Å². The number of fused-ring (bicyclic) bond motifs is 1. The van der Waals surface area contributed by atoms with E-state index in [1.165, 1.54) is 27.6 Å².